The van der Waals surface area contributed by atoms with Gasteiger partial charge in [-0.15, -0.1) is 0 Å². The number of fused-ring (bicyclic) bond motifs is 2. The van der Waals surface area contributed by atoms with Crippen LogP contribution in [0.5, 0.6) is 0 Å². The van der Waals surface area contributed by atoms with Gasteiger partial charge in [0.2, 0.25) is 0 Å². The van der Waals surface area contributed by atoms with Crippen LogP contribution >= 0.6 is 0 Å². The lowest BCUT2D eigenvalue weighted by atomic mass is 9.44. The fraction of sp³-hybridized carbons (Fsp3) is 0.933. The van der Waals surface area contributed by atoms with Crippen LogP contribution in [0, 0.1) is 57.2 Å². The number of rotatable bonds is 3. The molecule has 0 saturated heterocycles. The highest BCUT2D eigenvalue weighted by molar-refractivity contribution is 5.86. The highest BCUT2D eigenvalue weighted by atomic mass is 16.1. The second kappa shape index (κ2) is 7.94. The summed E-state index contributed by atoms with van der Waals surface area (Å²) in [5.41, 5.74) is 0.285. The molecular formula is C30H50O2. The van der Waals surface area contributed by atoms with E-state index in [0.717, 1.165) is 49.4 Å². The maximum atomic E-state index is 12.8. The van der Waals surface area contributed by atoms with Gasteiger partial charge in [0.15, 0.2) is 0 Å². The molecule has 0 radical (unpaired) electrons. The van der Waals surface area contributed by atoms with Crippen LogP contribution in [0.15, 0.2) is 0 Å². The Morgan fingerprint density at radius 1 is 0.625 bits per heavy atom. The van der Waals surface area contributed by atoms with E-state index in [1.807, 2.05) is 0 Å². The minimum Gasteiger partial charge on any atom is -0.299 e. The predicted octanol–water partition coefficient (Wildman–Crippen LogP) is 7.88. The van der Waals surface area contributed by atoms with Crippen LogP contribution in [0.2, 0.25) is 0 Å². The van der Waals surface area contributed by atoms with Crippen LogP contribution in [0.1, 0.15) is 120 Å². The zero-order valence-electron chi connectivity index (χ0n) is 22.4. The van der Waals surface area contributed by atoms with Crippen LogP contribution in [-0.2, 0) is 9.59 Å². The van der Waals surface area contributed by atoms with Crippen molar-refractivity contribution in [2.75, 3.05) is 0 Å². The van der Waals surface area contributed by atoms with Crippen molar-refractivity contribution in [1.29, 1.82) is 0 Å². The third-order valence-corrected chi connectivity index (χ3v) is 12.2. The lowest BCUT2D eigenvalue weighted by Gasteiger charge is -2.60. The van der Waals surface area contributed by atoms with E-state index in [9.17, 15) is 9.59 Å². The molecule has 32 heavy (non-hydrogen) atoms. The van der Waals surface area contributed by atoms with Gasteiger partial charge in [-0.25, -0.2) is 0 Å². The minimum absolute atomic E-state index is 0.158. The molecule has 4 aliphatic rings. The largest absolute Gasteiger partial charge is 0.299 e. The molecule has 4 rings (SSSR count). The molecule has 4 saturated carbocycles. The Kier molecular flexibility index (Phi) is 6.07. The topological polar surface area (TPSA) is 34.1 Å². The first-order valence-corrected chi connectivity index (χ1v) is 13.8. The van der Waals surface area contributed by atoms with Gasteiger partial charge in [0.25, 0.3) is 0 Å². The van der Waals surface area contributed by atoms with E-state index in [4.69, 9.17) is 0 Å². The molecule has 0 heterocycles. The lowest BCUT2D eigenvalue weighted by Crippen LogP contribution is -2.56. The first kappa shape index (κ1) is 24.5. The van der Waals surface area contributed by atoms with Crippen molar-refractivity contribution in [3.05, 3.63) is 0 Å². The Morgan fingerprint density at radius 3 is 1.31 bits per heavy atom. The van der Waals surface area contributed by atoms with Crippen LogP contribution in [0.4, 0.5) is 0 Å². The molecule has 2 nitrogen and oxygen atoms in total. The molecule has 0 amide bonds. The third kappa shape index (κ3) is 3.48. The van der Waals surface area contributed by atoms with Crippen molar-refractivity contribution in [3.8, 4) is 0 Å². The van der Waals surface area contributed by atoms with Gasteiger partial charge in [0.1, 0.15) is 11.6 Å². The molecule has 4 aliphatic carbocycles. The summed E-state index contributed by atoms with van der Waals surface area (Å²) in [5.74, 6) is 5.04. The zero-order valence-corrected chi connectivity index (χ0v) is 22.4. The molecule has 2 heteroatoms. The summed E-state index contributed by atoms with van der Waals surface area (Å²) in [4.78, 5) is 25.6. The number of hydrogen-bond acceptors (Lipinski definition) is 2. The normalized spacial score (nSPS) is 48.1. The second-order valence-electron chi connectivity index (χ2n) is 14.3. The van der Waals surface area contributed by atoms with Crippen molar-refractivity contribution in [2.45, 2.75) is 120 Å². The first-order valence-electron chi connectivity index (χ1n) is 13.8. The summed E-state index contributed by atoms with van der Waals surface area (Å²) in [5, 5.41) is 0. The van der Waals surface area contributed by atoms with Crippen molar-refractivity contribution < 1.29 is 9.59 Å². The van der Waals surface area contributed by atoms with Gasteiger partial charge in [0.05, 0.1) is 0 Å². The Hall–Kier alpha value is -0.660. The summed E-state index contributed by atoms with van der Waals surface area (Å²) in [6.45, 7) is 19.0. The highest BCUT2D eigenvalue weighted by Gasteiger charge is 2.59. The van der Waals surface area contributed by atoms with E-state index in [1.54, 1.807) is 0 Å². The van der Waals surface area contributed by atoms with E-state index in [-0.39, 0.29) is 10.8 Å². The van der Waals surface area contributed by atoms with Crippen LogP contribution < -0.4 is 0 Å². The second-order valence-corrected chi connectivity index (χ2v) is 14.3. The standard InChI is InChI=1S/C30H50O2/c1-19-9-13-23-27(3,4)25(31)15-17-29(23,7)21(19)11-12-22-20(2)10-14-24-28(5,6)26(32)16-18-30(22,24)8/h19-24H,9-18H2,1-8H3/t19-,20-,21+,22+,23+,24+,29-,30-/m1/s1. The molecule has 0 unspecified atom stereocenters. The highest BCUT2D eigenvalue weighted by Crippen LogP contribution is 2.64. The molecule has 0 aromatic carbocycles. The summed E-state index contributed by atoms with van der Waals surface area (Å²) in [6, 6.07) is 0. The third-order valence-electron chi connectivity index (χ3n) is 12.2. The number of ketones is 2. The van der Waals surface area contributed by atoms with Crippen molar-refractivity contribution in [2.24, 2.45) is 57.2 Å². The van der Waals surface area contributed by atoms with Crippen molar-refractivity contribution in [3.63, 3.8) is 0 Å². The van der Waals surface area contributed by atoms with Crippen LogP contribution in [0.3, 0.4) is 0 Å². The molecule has 0 aromatic heterocycles. The number of carbonyl (C=O) groups is 2. The SMILES string of the molecule is C[C@@H]1CC[C@H]2C(C)(C)C(=O)CC[C@]2(C)[C@H]1CC[C@H]1[C@H](C)CC[C@H]2C(C)(C)C(=O)CC[C@]12C. The van der Waals surface area contributed by atoms with Crippen LogP contribution in [-0.4, -0.2) is 11.6 Å². The van der Waals surface area contributed by atoms with E-state index < -0.39 is 0 Å². The van der Waals surface area contributed by atoms with Gasteiger partial charge in [-0.1, -0.05) is 68.2 Å². The molecule has 182 valence electrons. The Bertz CT molecular complexity index is 699. The van der Waals surface area contributed by atoms with Gasteiger partial charge >= 0.3 is 0 Å². The zero-order chi connectivity index (χ0) is 23.7. The number of Topliss-reactive ketones (excluding diaryl/α,β-unsaturated/α-hetero) is 2. The fourth-order valence-electron chi connectivity index (χ4n) is 10.2. The van der Waals surface area contributed by atoms with Gasteiger partial charge in [-0.05, 0) is 84.9 Å². The van der Waals surface area contributed by atoms with E-state index in [1.165, 1.54) is 38.5 Å². The fourth-order valence-corrected chi connectivity index (χ4v) is 10.2. The molecular weight excluding hydrogens is 392 g/mol. The molecule has 0 bridgehead atoms. The predicted molar refractivity (Wildman–Crippen MR) is 132 cm³/mol. The van der Waals surface area contributed by atoms with Crippen molar-refractivity contribution in [1.82, 2.24) is 0 Å². The average molecular weight is 443 g/mol. The van der Waals surface area contributed by atoms with Gasteiger partial charge < -0.3 is 0 Å². The summed E-state index contributed by atoms with van der Waals surface area (Å²) < 4.78 is 0. The lowest BCUT2D eigenvalue weighted by molar-refractivity contribution is -0.156. The summed E-state index contributed by atoms with van der Waals surface area (Å²) in [6.07, 6.45) is 11.4. The average Bonchev–Trinajstić information content (AvgIpc) is 2.69. The Balaban J connectivity index is 1.57. The van der Waals surface area contributed by atoms with E-state index in [2.05, 4.69) is 55.4 Å². The molecule has 0 N–H and O–H groups in total. The Morgan fingerprint density at radius 2 is 0.969 bits per heavy atom. The van der Waals surface area contributed by atoms with Crippen LogP contribution in [0.25, 0.3) is 0 Å². The first-order chi connectivity index (χ1) is 14.8. The quantitative estimate of drug-likeness (QED) is 0.445. The maximum Gasteiger partial charge on any atom is 0.138 e. The molecule has 0 aromatic rings. The molecule has 0 aliphatic heterocycles. The number of hydrogen-bond donors (Lipinski definition) is 0. The monoisotopic (exact) mass is 442 g/mol. The Labute approximate surface area is 198 Å². The maximum absolute atomic E-state index is 12.8. The minimum atomic E-state index is -0.158. The van der Waals surface area contributed by atoms with Gasteiger partial charge in [-0.2, -0.15) is 0 Å². The van der Waals surface area contributed by atoms with E-state index >= 15 is 0 Å². The summed E-state index contributed by atoms with van der Waals surface area (Å²) >= 11 is 0. The summed E-state index contributed by atoms with van der Waals surface area (Å²) in [7, 11) is 0. The molecule has 0 spiro atoms. The molecule has 4 fully saturated rings. The number of carbonyl (C=O) groups excluding carboxylic acids is 2. The van der Waals surface area contributed by atoms with Gasteiger partial charge in [0, 0.05) is 23.7 Å². The van der Waals surface area contributed by atoms with Gasteiger partial charge in [-0.3, -0.25) is 9.59 Å². The van der Waals surface area contributed by atoms with E-state index in [0.29, 0.717) is 34.2 Å². The van der Waals surface area contributed by atoms with Crippen molar-refractivity contribution >= 4 is 11.6 Å². The molecule has 8 atom stereocenters. The smallest absolute Gasteiger partial charge is 0.138 e.